The lowest BCUT2D eigenvalue weighted by Gasteiger charge is -2.10. The standard InChI is InChI=1S/C23H23NO3/c1-26-22-12-6-5-11-21(22)23(25)24-19-13-15-20(16-14-19)27-17-7-10-18-8-3-2-4-9-18/h2-6,8-9,11-16H,7,10,17H2,1H3,(H,24,25). The van der Waals surface area contributed by atoms with Crippen LogP contribution in [0.25, 0.3) is 0 Å². The van der Waals surface area contributed by atoms with Crippen molar-refractivity contribution in [2.75, 3.05) is 19.0 Å². The molecule has 0 aliphatic rings. The molecule has 0 atom stereocenters. The first-order chi connectivity index (χ1) is 13.3. The van der Waals surface area contributed by atoms with Crippen LogP contribution >= 0.6 is 0 Å². The Morgan fingerprint density at radius 2 is 1.59 bits per heavy atom. The molecule has 3 rings (SSSR count). The van der Waals surface area contributed by atoms with Gasteiger partial charge in [-0.05, 0) is 54.8 Å². The lowest BCUT2D eigenvalue weighted by atomic mass is 10.1. The summed E-state index contributed by atoms with van der Waals surface area (Å²) in [5.74, 6) is 1.13. The van der Waals surface area contributed by atoms with Crippen molar-refractivity contribution < 1.29 is 14.3 Å². The summed E-state index contributed by atoms with van der Waals surface area (Å²) in [4.78, 5) is 12.4. The maximum Gasteiger partial charge on any atom is 0.259 e. The Morgan fingerprint density at radius 1 is 0.889 bits per heavy atom. The van der Waals surface area contributed by atoms with E-state index in [9.17, 15) is 4.79 Å². The van der Waals surface area contributed by atoms with E-state index in [2.05, 4.69) is 17.4 Å². The maximum absolute atomic E-state index is 12.4. The number of carbonyl (C=O) groups is 1. The molecule has 0 heterocycles. The minimum atomic E-state index is -0.205. The van der Waals surface area contributed by atoms with Crippen LogP contribution in [0.1, 0.15) is 22.3 Å². The number of ether oxygens (including phenoxy) is 2. The van der Waals surface area contributed by atoms with Crippen molar-refractivity contribution in [1.82, 2.24) is 0 Å². The van der Waals surface area contributed by atoms with Gasteiger partial charge in [-0.2, -0.15) is 0 Å². The molecule has 27 heavy (non-hydrogen) atoms. The number of amides is 1. The predicted octanol–water partition coefficient (Wildman–Crippen LogP) is 4.96. The fourth-order valence-corrected chi connectivity index (χ4v) is 2.78. The van der Waals surface area contributed by atoms with Gasteiger partial charge in [0, 0.05) is 5.69 Å². The Morgan fingerprint density at radius 3 is 2.33 bits per heavy atom. The number of para-hydroxylation sites is 1. The fraction of sp³-hybridized carbons (Fsp3) is 0.174. The third-order valence-electron chi connectivity index (χ3n) is 4.19. The average molecular weight is 361 g/mol. The lowest BCUT2D eigenvalue weighted by Crippen LogP contribution is -2.13. The average Bonchev–Trinajstić information content (AvgIpc) is 2.73. The van der Waals surface area contributed by atoms with Gasteiger partial charge in [0.2, 0.25) is 0 Å². The molecule has 0 saturated carbocycles. The smallest absolute Gasteiger partial charge is 0.259 e. The molecule has 0 radical (unpaired) electrons. The van der Waals surface area contributed by atoms with E-state index in [1.165, 1.54) is 5.56 Å². The SMILES string of the molecule is COc1ccccc1C(=O)Nc1ccc(OCCCc2ccccc2)cc1. The van der Waals surface area contributed by atoms with E-state index in [-0.39, 0.29) is 5.91 Å². The van der Waals surface area contributed by atoms with Crippen molar-refractivity contribution in [2.45, 2.75) is 12.8 Å². The molecule has 3 aromatic rings. The van der Waals surface area contributed by atoms with Crippen LogP contribution in [0.4, 0.5) is 5.69 Å². The zero-order valence-corrected chi connectivity index (χ0v) is 15.4. The summed E-state index contributed by atoms with van der Waals surface area (Å²) in [6.45, 7) is 0.655. The number of nitrogens with one attached hydrogen (secondary N) is 1. The van der Waals surface area contributed by atoms with E-state index in [0.717, 1.165) is 18.6 Å². The summed E-state index contributed by atoms with van der Waals surface area (Å²) in [5, 5.41) is 2.87. The number of anilines is 1. The van der Waals surface area contributed by atoms with Gasteiger partial charge in [-0.25, -0.2) is 0 Å². The van der Waals surface area contributed by atoms with Gasteiger partial charge < -0.3 is 14.8 Å². The van der Waals surface area contributed by atoms with Crippen LogP contribution in [-0.2, 0) is 6.42 Å². The normalized spacial score (nSPS) is 10.3. The molecule has 4 nitrogen and oxygen atoms in total. The van der Waals surface area contributed by atoms with Gasteiger partial charge in [-0.15, -0.1) is 0 Å². The predicted molar refractivity (Wildman–Crippen MR) is 108 cm³/mol. The second-order valence-corrected chi connectivity index (χ2v) is 6.12. The highest BCUT2D eigenvalue weighted by atomic mass is 16.5. The Kier molecular flexibility index (Phi) is 6.47. The van der Waals surface area contributed by atoms with Crippen LogP contribution in [0, 0.1) is 0 Å². The summed E-state index contributed by atoms with van der Waals surface area (Å²) in [5.41, 5.74) is 2.53. The molecular weight excluding hydrogens is 338 g/mol. The topological polar surface area (TPSA) is 47.6 Å². The summed E-state index contributed by atoms with van der Waals surface area (Å²) in [6, 6.07) is 24.9. The van der Waals surface area contributed by atoms with E-state index < -0.39 is 0 Å². The van der Waals surface area contributed by atoms with Gasteiger partial charge in [0.25, 0.3) is 5.91 Å². The quantitative estimate of drug-likeness (QED) is 0.577. The molecule has 0 fully saturated rings. The molecule has 0 spiro atoms. The van der Waals surface area contributed by atoms with E-state index in [0.29, 0.717) is 23.6 Å². The minimum absolute atomic E-state index is 0.205. The molecule has 4 heteroatoms. The molecule has 0 bridgehead atoms. The molecule has 0 aliphatic carbocycles. The number of benzene rings is 3. The van der Waals surface area contributed by atoms with Gasteiger partial charge in [-0.1, -0.05) is 42.5 Å². The van der Waals surface area contributed by atoms with Crippen molar-refractivity contribution in [3.63, 3.8) is 0 Å². The molecule has 1 amide bonds. The van der Waals surface area contributed by atoms with Crippen LogP contribution < -0.4 is 14.8 Å². The van der Waals surface area contributed by atoms with Gasteiger partial charge in [0.15, 0.2) is 0 Å². The van der Waals surface area contributed by atoms with Crippen LogP contribution in [0.3, 0.4) is 0 Å². The number of aryl methyl sites for hydroxylation is 1. The second kappa shape index (κ2) is 9.43. The van der Waals surface area contributed by atoms with Crippen LogP contribution in [-0.4, -0.2) is 19.6 Å². The van der Waals surface area contributed by atoms with Gasteiger partial charge in [-0.3, -0.25) is 4.79 Å². The van der Waals surface area contributed by atoms with Crippen molar-refractivity contribution in [3.05, 3.63) is 90.0 Å². The van der Waals surface area contributed by atoms with Gasteiger partial charge in [0.05, 0.1) is 19.3 Å². The van der Waals surface area contributed by atoms with Gasteiger partial charge in [0.1, 0.15) is 11.5 Å². The Hall–Kier alpha value is -3.27. The molecular formula is C23H23NO3. The minimum Gasteiger partial charge on any atom is -0.496 e. The van der Waals surface area contributed by atoms with E-state index in [1.54, 1.807) is 19.2 Å². The number of carbonyl (C=O) groups excluding carboxylic acids is 1. The first-order valence-electron chi connectivity index (χ1n) is 8.97. The van der Waals surface area contributed by atoms with Crippen molar-refractivity contribution in [2.24, 2.45) is 0 Å². The highest BCUT2D eigenvalue weighted by molar-refractivity contribution is 6.06. The first-order valence-corrected chi connectivity index (χ1v) is 8.97. The first kappa shape index (κ1) is 18.5. The zero-order valence-electron chi connectivity index (χ0n) is 15.4. The molecule has 0 unspecified atom stereocenters. The van der Waals surface area contributed by atoms with E-state index in [4.69, 9.17) is 9.47 Å². The maximum atomic E-state index is 12.4. The molecule has 0 aromatic heterocycles. The number of methoxy groups -OCH3 is 1. The van der Waals surface area contributed by atoms with Crippen molar-refractivity contribution in [1.29, 1.82) is 0 Å². The molecule has 138 valence electrons. The zero-order chi connectivity index (χ0) is 18.9. The molecule has 0 saturated heterocycles. The van der Waals surface area contributed by atoms with E-state index >= 15 is 0 Å². The monoisotopic (exact) mass is 361 g/mol. The largest absolute Gasteiger partial charge is 0.496 e. The van der Waals surface area contributed by atoms with Crippen LogP contribution in [0.5, 0.6) is 11.5 Å². The Balaban J connectivity index is 1.49. The fourth-order valence-electron chi connectivity index (χ4n) is 2.78. The van der Waals surface area contributed by atoms with E-state index in [1.807, 2.05) is 54.6 Å². The third-order valence-corrected chi connectivity index (χ3v) is 4.19. The Labute approximate surface area is 159 Å². The summed E-state index contributed by atoms with van der Waals surface area (Å²) in [6.07, 6.45) is 1.95. The molecule has 0 aliphatic heterocycles. The third kappa shape index (κ3) is 5.35. The van der Waals surface area contributed by atoms with Crippen molar-refractivity contribution >= 4 is 11.6 Å². The molecule has 3 aromatic carbocycles. The van der Waals surface area contributed by atoms with Crippen molar-refractivity contribution in [3.8, 4) is 11.5 Å². The number of rotatable bonds is 8. The summed E-state index contributed by atoms with van der Waals surface area (Å²) in [7, 11) is 1.55. The summed E-state index contributed by atoms with van der Waals surface area (Å²) < 4.78 is 11.0. The highest BCUT2D eigenvalue weighted by Crippen LogP contribution is 2.21. The lowest BCUT2D eigenvalue weighted by molar-refractivity contribution is 0.102. The van der Waals surface area contributed by atoms with Gasteiger partial charge >= 0.3 is 0 Å². The van der Waals surface area contributed by atoms with Crippen LogP contribution in [0.15, 0.2) is 78.9 Å². The Bertz CT molecular complexity index is 860. The number of hydrogen-bond donors (Lipinski definition) is 1. The second-order valence-electron chi connectivity index (χ2n) is 6.12. The summed E-state index contributed by atoms with van der Waals surface area (Å²) >= 11 is 0. The molecule has 1 N–H and O–H groups in total. The van der Waals surface area contributed by atoms with Crippen LogP contribution in [0.2, 0.25) is 0 Å². The highest BCUT2D eigenvalue weighted by Gasteiger charge is 2.11. The number of hydrogen-bond acceptors (Lipinski definition) is 3.